The number of thiophene rings is 1. The molecule has 0 aliphatic heterocycles. The largest absolute Gasteiger partial charge is 0.347 e. The van der Waals surface area contributed by atoms with E-state index < -0.39 is 0 Å². The van der Waals surface area contributed by atoms with E-state index in [4.69, 9.17) is 0 Å². The third-order valence-corrected chi connectivity index (χ3v) is 4.33. The zero-order valence-corrected chi connectivity index (χ0v) is 13.4. The van der Waals surface area contributed by atoms with Crippen molar-refractivity contribution in [2.24, 2.45) is 0 Å². The number of nitrogens with zero attached hydrogens (tertiary/aromatic N) is 2. The van der Waals surface area contributed by atoms with Gasteiger partial charge in [-0.15, -0.1) is 11.3 Å². The molecule has 3 aromatic rings. The van der Waals surface area contributed by atoms with Crippen LogP contribution < -0.4 is 5.32 Å². The Morgan fingerprint density at radius 2 is 1.87 bits per heavy atom. The first-order chi connectivity index (χ1) is 11.3. The molecular weight excluding hydrogens is 306 g/mol. The van der Waals surface area contributed by atoms with Gasteiger partial charge in [0.05, 0.1) is 18.2 Å². The minimum atomic E-state index is -0.133. The fourth-order valence-electron chi connectivity index (χ4n) is 2.35. The SMILES string of the molecule is O=C(Cc1ccccn1)N[C@@H](Cc1cccs1)c1ccccn1. The van der Waals surface area contributed by atoms with Crippen LogP contribution in [-0.2, 0) is 17.6 Å². The number of carbonyl (C=O) groups excluding carboxylic acids is 1. The van der Waals surface area contributed by atoms with Gasteiger partial charge in [0, 0.05) is 29.4 Å². The Hall–Kier alpha value is -2.53. The minimum absolute atomic E-state index is 0.0455. The molecule has 0 aliphatic carbocycles. The van der Waals surface area contributed by atoms with Gasteiger partial charge >= 0.3 is 0 Å². The number of rotatable bonds is 6. The van der Waals surface area contributed by atoms with Crippen molar-refractivity contribution in [3.8, 4) is 0 Å². The Labute approximate surface area is 139 Å². The van der Waals surface area contributed by atoms with Crippen LogP contribution in [0.15, 0.2) is 66.3 Å². The molecule has 3 heterocycles. The molecular formula is C18H17N3OS. The smallest absolute Gasteiger partial charge is 0.226 e. The van der Waals surface area contributed by atoms with Crippen LogP contribution in [0.3, 0.4) is 0 Å². The highest BCUT2D eigenvalue weighted by Gasteiger charge is 2.17. The van der Waals surface area contributed by atoms with E-state index in [2.05, 4.69) is 21.4 Å². The molecule has 1 N–H and O–H groups in total. The minimum Gasteiger partial charge on any atom is -0.347 e. The monoisotopic (exact) mass is 323 g/mol. The summed E-state index contributed by atoms with van der Waals surface area (Å²) < 4.78 is 0. The van der Waals surface area contributed by atoms with Crippen LogP contribution in [-0.4, -0.2) is 15.9 Å². The number of hydrogen-bond acceptors (Lipinski definition) is 4. The Bertz CT molecular complexity index is 729. The summed E-state index contributed by atoms with van der Waals surface area (Å²) in [6.07, 6.45) is 4.46. The number of hydrogen-bond donors (Lipinski definition) is 1. The summed E-state index contributed by atoms with van der Waals surface area (Å²) in [5.74, 6) is -0.0455. The molecule has 0 aromatic carbocycles. The van der Waals surface area contributed by atoms with Crippen LogP contribution in [0.5, 0.6) is 0 Å². The second-order valence-corrected chi connectivity index (χ2v) is 6.19. The van der Waals surface area contributed by atoms with E-state index in [0.29, 0.717) is 0 Å². The van der Waals surface area contributed by atoms with Gasteiger partial charge in [-0.3, -0.25) is 14.8 Å². The number of nitrogens with one attached hydrogen (secondary N) is 1. The molecule has 1 atom stereocenters. The quantitative estimate of drug-likeness (QED) is 0.758. The topological polar surface area (TPSA) is 54.9 Å². The molecule has 0 spiro atoms. The van der Waals surface area contributed by atoms with E-state index in [9.17, 15) is 4.79 Å². The van der Waals surface area contributed by atoms with Crippen molar-refractivity contribution in [3.05, 3.63) is 82.6 Å². The molecule has 3 aromatic heterocycles. The van der Waals surface area contributed by atoms with Gasteiger partial charge in [-0.05, 0) is 35.7 Å². The Kier molecular flexibility index (Phi) is 5.11. The average Bonchev–Trinajstić information content (AvgIpc) is 3.09. The summed E-state index contributed by atoms with van der Waals surface area (Å²) in [7, 11) is 0. The molecule has 0 fully saturated rings. The molecule has 116 valence electrons. The van der Waals surface area contributed by atoms with Crippen LogP contribution in [0.25, 0.3) is 0 Å². The molecule has 4 nitrogen and oxygen atoms in total. The van der Waals surface area contributed by atoms with Gasteiger partial charge in [-0.2, -0.15) is 0 Å². The number of carbonyl (C=O) groups is 1. The van der Waals surface area contributed by atoms with Crippen molar-refractivity contribution in [1.29, 1.82) is 0 Å². The maximum Gasteiger partial charge on any atom is 0.226 e. The normalized spacial score (nSPS) is 11.8. The van der Waals surface area contributed by atoms with E-state index in [1.165, 1.54) is 4.88 Å². The van der Waals surface area contributed by atoms with Crippen LogP contribution in [0.4, 0.5) is 0 Å². The van der Waals surface area contributed by atoms with Crippen molar-refractivity contribution in [2.75, 3.05) is 0 Å². The lowest BCUT2D eigenvalue weighted by Gasteiger charge is -2.17. The van der Waals surface area contributed by atoms with Gasteiger partial charge in [0.1, 0.15) is 0 Å². The van der Waals surface area contributed by atoms with Crippen molar-refractivity contribution in [1.82, 2.24) is 15.3 Å². The summed E-state index contributed by atoms with van der Waals surface area (Å²) in [6, 6.07) is 15.3. The van der Waals surface area contributed by atoms with Crippen molar-refractivity contribution >= 4 is 17.2 Å². The fraction of sp³-hybridized carbons (Fsp3) is 0.167. The highest BCUT2D eigenvalue weighted by molar-refractivity contribution is 7.09. The number of amides is 1. The van der Waals surface area contributed by atoms with E-state index in [1.54, 1.807) is 23.7 Å². The van der Waals surface area contributed by atoms with Gasteiger partial charge in [-0.25, -0.2) is 0 Å². The van der Waals surface area contributed by atoms with E-state index in [-0.39, 0.29) is 18.4 Å². The Balaban J connectivity index is 1.72. The first kappa shape index (κ1) is 15.4. The van der Waals surface area contributed by atoms with E-state index in [0.717, 1.165) is 17.8 Å². The van der Waals surface area contributed by atoms with Gasteiger partial charge in [-0.1, -0.05) is 18.2 Å². The van der Waals surface area contributed by atoms with Crippen molar-refractivity contribution < 1.29 is 4.79 Å². The third-order valence-electron chi connectivity index (χ3n) is 3.43. The summed E-state index contributed by atoms with van der Waals surface area (Å²) in [6.45, 7) is 0. The molecule has 0 aliphatic rings. The molecule has 0 saturated carbocycles. The predicted octanol–water partition coefficient (Wildman–Crippen LogP) is 3.18. The fourth-order valence-corrected chi connectivity index (χ4v) is 3.11. The Morgan fingerprint density at radius 3 is 2.52 bits per heavy atom. The first-order valence-corrected chi connectivity index (χ1v) is 8.32. The van der Waals surface area contributed by atoms with E-state index >= 15 is 0 Å². The summed E-state index contributed by atoms with van der Waals surface area (Å²) in [4.78, 5) is 22.2. The summed E-state index contributed by atoms with van der Waals surface area (Å²) >= 11 is 1.69. The maximum atomic E-state index is 12.3. The van der Waals surface area contributed by atoms with Crippen LogP contribution >= 0.6 is 11.3 Å². The predicted molar refractivity (Wildman–Crippen MR) is 91.1 cm³/mol. The molecule has 0 radical (unpaired) electrons. The lowest BCUT2D eigenvalue weighted by molar-refractivity contribution is -0.121. The van der Waals surface area contributed by atoms with Crippen molar-refractivity contribution in [2.45, 2.75) is 18.9 Å². The van der Waals surface area contributed by atoms with Crippen LogP contribution in [0.2, 0.25) is 0 Å². The molecule has 0 bridgehead atoms. The van der Waals surface area contributed by atoms with Crippen molar-refractivity contribution in [3.63, 3.8) is 0 Å². The second kappa shape index (κ2) is 7.65. The third kappa shape index (κ3) is 4.47. The molecule has 23 heavy (non-hydrogen) atoms. The van der Waals surface area contributed by atoms with Crippen LogP contribution in [0.1, 0.15) is 22.3 Å². The lowest BCUT2D eigenvalue weighted by Crippen LogP contribution is -2.31. The van der Waals surface area contributed by atoms with Gasteiger partial charge < -0.3 is 5.32 Å². The zero-order chi connectivity index (χ0) is 15.9. The highest BCUT2D eigenvalue weighted by Crippen LogP contribution is 2.20. The van der Waals surface area contributed by atoms with Gasteiger partial charge in [0.15, 0.2) is 0 Å². The second-order valence-electron chi connectivity index (χ2n) is 5.16. The molecule has 3 rings (SSSR count). The standard InChI is InChI=1S/C18H17N3OS/c22-18(12-14-6-1-3-9-19-14)21-17(13-15-7-5-11-23-15)16-8-2-4-10-20-16/h1-11,17H,12-13H2,(H,21,22)/t17-/m0/s1. The molecule has 5 heteroatoms. The Morgan fingerprint density at radius 1 is 1.04 bits per heavy atom. The molecule has 0 unspecified atom stereocenters. The lowest BCUT2D eigenvalue weighted by atomic mass is 10.1. The average molecular weight is 323 g/mol. The molecule has 0 saturated heterocycles. The number of pyridine rings is 2. The molecule has 1 amide bonds. The van der Waals surface area contributed by atoms with Gasteiger partial charge in [0.25, 0.3) is 0 Å². The summed E-state index contributed by atoms with van der Waals surface area (Å²) in [5.41, 5.74) is 1.64. The number of aromatic nitrogens is 2. The summed E-state index contributed by atoms with van der Waals surface area (Å²) in [5, 5.41) is 5.13. The van der Waals surface area contributed by atoms with Crippen LogP contribution in [0, 0.1) is 0 Å². The first-order valence-electron chi connectivity index (χ1n) is 7.44. The maximum absolute atomic E-state index is 12.3. The van der Waals surface area contributed by atoms with Gasteiger partial charge in [0.2, 0.25) is 5.91 Å². The van der Waals surface area contributed by atoms with E-state index in [1.807, 2.05) is 47.8 Å². The highest BCUT2D eigenvalue weighted by atomic mass is 32.1. The zero-order valence-electron chi connectivity index (χ0n) is 12.6.